The van der Waals surface area contributed by atoms with Crippen molar-refractivity contribution >= 4 is 33.5 Å². The van der Waals surface area contributed by atoms with Crippen LogP contribution in [0.1, 0.15) is 10.4 Å². The van der Waals surface area contributed by atoms with E-state index in [1.54, 1.807) is 12.1 Å². The molecule has 0 saturated carbocycles. The van der Waals surface area contributed by atoms with Crippen LogP contribution < -0.4 is 0 Å². The summed E-state index contributed by atoms with van der Waals surface area (Å²) in [4.78, 5) is 10.9. The van der Waals surface area contributed by atoms with Crippen molar-refractivity contribution in [1.82, 2.24) is 0 Å². The van der Waals surface area contributed by atoms with Gasteiger partial charge in [0.05, 0.1) is 5.56 Å². The van der Waals surface area contributed by atoms with E-state index in [0.29, 0.717) is 15.1 Å². The van der Waals surface area contributed by atoms with Crippen molar-refractivity contribution in [2.45, 2.75) is 0 Å². The van der Waals surface area contributed by atoms with Crippen molar-refractivity contribution in [1.29, 1.82) is 0 Å². The van der Waals surface area contributed by atoms with E-state index >= 15 is 0 Å². The average Bonchev–Trinajstić information content (AvgIpc) is 2.33. The van der Waals surface area contributed by atoms with Crippen molar-refractivity contribution in [3.8, 4) is 11.1 Å². The molecule has 92 valence electrons. The molecule has 2 nitrogen and oxygen atoms in total. The first-order chi connectivity index (χ1) is 8.49. The summed E-state index contributed by atoms with van der Waals surface area (Å²) in [5.74, 6) is -1.54. The molecule has 0 aliphatic rings. The molecule has 5 heteroatoms. The summed E-state index contributed by atoms with van der Waals surface area (Å²) in [6.45, 7) is 0. The van der Waals surface area contributed by atoms with E-state index in [1.165, 1.54) is 24.3 Å². The minimum absolute atomic E-state index is 0.0637. The van der Waals surface area contributed by atoms with Crippen LogP contribution in [0.4, 0.5) is 4.39 Å². The van der Waals surface area contributed by atoms with Crippen LogP contribution >= 0.6 is 27.5 Å². The Morgan fingerprint density at radius 1 is 1.17 bits per heavy atom. The Morgan fingerprint density at radius 3 is 2.56 bits per heavy atom. The van der Waals surface area contributed by atoms with E-state index < -0.39 is 11.8 Å². The summed E-state index contributed by atoms with van der Waals surface area (Å²) in [6.07, 6.45) is 0. The van der Waals surface area contributed by atoms with E-state index in [4.69, 9.17) is 16.7 Å². The van der Waals surface area contributed by atoms with Gasteiger partial charge in [0.1, 0.15) is 5.82 Å². The maximum absolute atomic E-state index is 13.7. The number of carbonyl (C=O) groups is 1. The van der Waals surface area contributed by atoms with Crippen molar-refractivity contribution in [2.75, 3.05) is 0 Å². The zero-order valence-electron chi connectivity index (χ0n) is 8.95. The fourth-order valence-electron chi connectivity index (χ4n) is 1.57. The van der Waals surface area contributed by atoms with Gasteiger partial charge in [-0.3, -0.25) is 0 Å². The number of carboxylic acids is 1. The number of halogens is 3. The summed E-state index contributed by atoms with van der Waals surface area (Å²) in [5, 5.41) is 9.23. The average molecular weight is 330 g/mol. The van der Waals surface area contributed by atoms with Crippen molar-refractivity contribution in [3.63, 3.8) is 0 Å². The molecule has 0 fully saturated rings. The highest BCUT2D eigenvalue weighted by molar-refractivity contribution is 9.10. The lowest BCUT2D eigenvalue weighted by atomic mass is 10.0. The second kappa shape index (κ2) is 5.08. The van der Waals surface area contributed by atoms with Crippen LogP contribution in [0.3, 0.4) is 0 Å². The van der Waals surface area contributed by atoms with E-state index in [9.17, 15) is 9.18 Å². The largest absolute Gasteiger partial charge is 0.478 e. The summed E-state index contributed by atoms with van der Waals surface area (Å²) in [5.41, 5.74) is 0.682. The Labute approximate surface area is 116 Å². The third kappa shape index (κ3) is 2.54. The summed E-state index contributed by atoms with van der Waals surface area (Å²) >= 11 is 9.22. The number of hydrogen-bond donors (Lipinski definition) is 1. The number of carboxylic acid groups (broad SMARTS) is 1. The van der Waals surface area contributed by atoms with E-state index in [-0.39, 0.29) is 11.1 Å². The SMILES string of the molecule is O=C(O)c1ccc(Cl)c(-c2cc(Br)ccc2F)c1. The first kappa shape index (κ1) is 13.1. The molecule has 0 heterocycles. The topological polar surface area (TPSA) is 37.3 Å². The van der Waals surface area contributed by atoms with Crippen LogP contribution in [0, 0.1) is 5.82 Å². The van der Waals surface area contributed by atoms with Crippen LogP contribution in [0.25, 0.3) is 11.1 Å². The predicted molar refractivity (Wildman–Crippen MR) is 71.5 cm³/mol. The molecule has 0 unspecified atom stereocenters. The van der Waals surface area contributed by atoms with Crippen molar-refractivity contribution < 1.29 is 14.3 Å². The molecular weight excluding hydrogens is 322 g/mol. The highest BCUT2D eigenvalue weighted by Gasteiger charge is 2.12. The standard InChI is InChI=1S/C13H7BrClFO2/c14-8-2-4-12(16)10(6-8)9-5-7(13(17)18)1-3-11(9)15/h1-6H,(H,17,18). The lowest BCUT2D eigenvalue weighted by Gasteiger charge is -2.08. The van der Waals surface area contributed by atoms with Gasteiger partial charge in [0.25, 0.3) is 0 Å². The molecule has 0 aromatic heterocycles. The highest BCUT2D eigenvalue weighted by Crippen LogP contribution is 2.32. The van der Waals surface area contributed by atoms with Crippen LogP contribution in [-0.4, -0.2) is 11.1 Å². The molecule has 1 N–H and O–H groups in total. The minimum Gasteiger partial charge on any atom is -0.478 e. The van der Waals surface area contributed by atoms with Gasteiger partial charge in [-0.15, -0.1) is 0 Å². The Morgan fingerprint density at radius 2 is 1.89 bits per heavy atom. The van der Waals surface area contributed by atoms with Gasteiger partial charge in [0.2, 0.25) is 0 Å². The first-order valence-electron chi connectivity index (χ1n) is 4.97. The molecule has 0 radical (unpaired) electrons. The molecule has 2 aromatic rings. The second-order valence-electron chi connectivity index (χ2n) is 3.62. The van der Waals surface area contributed by atoms with E-state index in [2.05, 4.69) is 15.9 Å². The Bertz CT molecular complexity index is 628. The Hall–Kier alpha value is -1.39. The second-order valence-corrected chi connectivity index (χ2v) is 4.95. The summed E-state index contributed by atoms with van der Waals surface area (Å²) < 4.78 is 14.4. The molecule has 2 aromatic carbocycles. The first-order valence-corrected chi connectivity index (χ1v) is 6.14. The monoisotopic (exact) mass is 328 g/mol. The number of aromatic carboxylic acids is 1. The van der Waals surface area contributed by atoms with Gasteiger partial charge < -0.3 is 5.11 Å². The predicted octanol–water partition coefficient (Wildman–Crippen LogP) is 4.61. The molecule has 2 rings (SSSR count). The quantitative estimate of drug-likeness (QED) is 0.874. The normalized spacial score (nSPS) is 10.4. The lowest BCUT2D eigenvalue weighted by Crippen LogP contribution is -1.97. The number of hydrogen-bond acceptors (Lipinski definition) is 1. The molecule has 0 aliphatic carbocycles. The van der Waals surface area contributed by atoms with Gasteiger partial charge in [-0.05, 0) is 36.4 Å². The lowest BCUT2D eigenvalue weighted by molar-refractivity contribution is 0.0697. The smallest absolute Gasteiger partial charge is 0.335 e. The minimum atomic E-state index is -1.08. The van der Waals surface area contributed by atoms with Crippen molar-refractivity contribution in [3.05, 3.63) is 57.3 Å². The summed E-state index contributed by atoms with van der Waals surface area (Å²) in [6, 6.07) is 8.60. The fraction of sp³-hybridized carbons (Fsp3) is 0. The van der Waals surface area contributed by atoms with Crippen LogP contribution in [-0.2, 0) is 0 Å². The molecular formula is C13H7BrClFO2. The maximum atomic E-state index is 13.7. The van der Waals surface area contributed by atoms with Crippen LogP contribution in [0.5, 0.6) is 0 Å². The maximum Gasteiger partial charge on any atom is 0.335 e. The van der Waals surface area contributed by atoms with Gasteiger partial charge in [0, 0.05) is 20.6 Å². The van der Waals surface area contributed by atoms with Crippen LogP contribution in [0.15, 0.2) is 40.9 Å². The highest BCUT2D eigenvalue weighted by atomic mass is 79.9. The van der Waals surface area contributed by atoms with Crippen molar-refractivity contribution in [2.24, 2.45) is 0 Å². The fourth-order valence-corrected chi connectivity index (χ4v) is 2.15. The Kier molecular flexibility index (Phi) is 3.68. The number of rotatable bonds is 2. The Balaban J connectivity index is 2.66. The molecule has 0 saturated heterocycles. The van der Waals surface area contributed by atoms with Gasteiger partial charge in [0.15, 0.2) is 0 Å². The molecule has 18 heavy (non-hydrogen) atoms. The van der Waals surface area contributed by atoms with Gasteiger partial charge in [-0.1, -0.05) is 27.5 Å². The van der Waals surface area contributed by atoms with E-state index in [0.717, 1.165) is 0 Å². The molecule has 0 atom stereocenters. The summed E-state index contributed by atoms with van der Waals surface area (Å²) in [7, 11) is 0. The molecule has 0 amide bonds. The van der Waals surface area contributed by atoms with Gasteiger partial charge in [-0.25, -0.2) is 9.18 Å². The third-order valence-electron chi connectivity index (χ3n) is 2.43. The zero-order valence-corrected chi connectivity index (χ0v) is 11.3. The van der Waals surface area contributed by atoms with Gasteiger partial charge >= 0.3 is 5.97 Å². The van der Waals surface area contributed by atoms with E-state index in [1.807, 2.05) is 0 Å². The zero-order chi connectivity index (χ0) is 13.3. The van der Waals surface area contributed by atoms with Gasteiger partial charge in [-0.2, -0.15) is 0 Å². The molecule has 0 bridgehead atoms. The number of benzene rings is 2. The van der Waals surface area contributed by atoms with Crippen LogP contribution in [0.2, 0.25) is 5.02 Å². The molecule has 0 aliphatic heterocycles. The third-order valence-corrected chi connectivity index (χ3v) is 3.25. The molecule has 0 spiro atoms.